The number of carbonyl (C=O) groups is 1. The highest BCUT2D eigenvalue weighted by Gasteiger charge is 2.14. The van der Waals surface area contributed by atoms with E-state index in [0.717, 1.165) is 22.5 Å². The molecule has 0 aliphatic heterocycles. The molecule has 2 aromatic carbocycles. The first-order valence-corrected chi connectivity index (χ1v) is 9.22. The summed E-state index contributed by atoms with van der Waals surface area (Å²) < 4.78 is 1.84. The number of anilines is 1. The molecule has 0 aliphatic carbocycles. The number of aryl methyl sites for hydroxylation is 1. The normalized spacial score (nSPS) is 11.1. The molecule has 0 saturated carbocycles. The lowest BCUT2D eigenvalue weighted by Crippen LogP contribution is -2.10. The van der Waals surface area contributed by atoms with Crippen molar-refractivity contribution in [1.82, 2.24) is 9.78 Å². The molecular weight excluding hydrogens is 381 g/mol. The number of nitrogens with one attached hydrogen (secondary N) is 1. The second-order valence-electron chi connectivity index (χ2n) is 6.14. The first-order valence-electron chi connectivity index (χ1n) is 8.46. The molecule has 0 radical (unpaired) electrons. The molecule has 138 valence electrons. The van der Waals surface area contributed by atoms with E-state index in [9.17, 15) is 4.79 Å². The zero-order valence-electron chi connectivity index (χ0n) is 15.0. The summed E-state index contributed by atoms with van der Waals surface area (Å²) in [5.41, 5.74) is 4.08. The predicted molar refractivity (Wildman–Crippen MR) is 111 cm³/mol. The summed E-state index contributed by atoms with van der Waals surface area (Å²) in [5, 5.41) is 8.73. The van der Waals surface area contributed by atoms with Crippen molar-refractivity contribution < 1.29 is 4.79 Å². The van der Waals surface area contributed by atoms with Gasteiger partial charge in [-0.25, -0.2) is 0 Å². The Morgan fingerprint density at radius 1 is 1.07 bits per heavy atom. The summed E-state index contributed by atoms with van der Waals surface area (Å²) in [6, 6.07) is 15.0. The molecule has 3 rings (SSSR count). The average Bonchev–Trinajstić information content (AvgIpc) is 2.90. The first-order chi connectivity index (χ1) is 13.0. The summed E-state index contributed by atoms with van der Waals surface area (Å²) in [6.45, 7) is 4.32. The van der Waals surface area contributed by atoms with E-state index in [0.29, 0.717) is 22.3 Å². The van der Waals surface area contributed by atoms with Gasteiger partial charge in [0.25, 0.3) is 0 Å². The quantitative estimate of drug-likeness (QED) is 0.575. The molecule has 1 N–H and O–H groups in total. The minimum Gasteiger partial charge on any atom is -0.319 e. The Morgan fingerprint density at radius 3 is 2.44 bits per heavy atom. The van der Waals surface area contributed by atoms with Crippen molar-refractivity contribution in [2.45, 2.75) is 20.4 Å². The topological polar surface area (TPSA) is 46.9 Å². The molecule has 0 atom stereocenters. The van der Waals surface area contributed by atoms with E-state index in [1.165, 1.54) is 6.08 Å². The monoisotopic (exact) mass is 399 g/mol. The highest BCUT2D eigenvalue weighted by atomic mass is 35.5. The van der Waals surface area contributed by atoms with Crippen LogP contribution in [0.3, 0.4) is 0 Å². The minimum absolute atomic E-state index is 0.238. The molecule has 1 aromatic heterocycles. The van der Waals surface area contributed by atoms with Crippen LogP contribution in [-0.2, 0) is 11.3 Å². The van der Waals surface area contributed by atoms with Crippen LogP contribution in [0.2, 0.25) is 10.0 Å². The van der Waals surface area contributed by atoms with Gasteiger partial charge in [0, 0.05) is 16.1 Å². The van der Waals surface area contributed by atoms with Crippen molar-refractivity contribution in [1.29, 1.82) is 0 Å². The van der Waals surface area contributed by atoms with Gasteiger partial charge >= 0.3 is 0 Å². The van der Waals surface area contributed by atoms with Crippen molar-refractivity contribution in [3.05, 3.63) is 87.2 Å². The van der Waals surface area contributed by atoms with E-state index in [1.54, 1.807) is 12.1 Å². The largest absolute Gasteiger partial charge is 0.319 e. The van der Waals surface area contributed by atoms with Gasteiger partial charge in [-0.05, 0) is 43.2 Å². The molecule has 3 aromatic rings. The van der Waals surface area contributed by atoms with Crippen LogP contribution in [0, 0.1) is 13.8 Å². The number of halogens is 2. The van der Waals surface area contributed by atoms with Crippen molar-refractivity contribution in [2.75, 3.05) is 5.32 Å². The van der Waals surface area contributed by atoms with Crippen LogP contribution in [0.25, 0.3) is 6.08 Å². The summed E-state index contributed by atoms with van der Waals surface area (Å²) in [6.07, 6.45) is 3.15. The van der Waals surface area contributed by atoms with Crippen LogP contribution in [-0.4, -0.2) is 15.7 Å². The fraction of sp³-hybridized carbons (Fsp3) is 0.143. The maximum absolute atomic E-state index is 12.3. The van der Waals surface area contributed by atoms with Gasteiger partial charge in [0.1, 0.15) is 0 Å². The van der Waals surface area contributed by atoms with Gasteiger partial charge in [0.15, 0.2) is 0 Å². The molecule has 6 heteroatoms. The molecular formula is C21H19Cl2N3O. The maximum atomic E-state index is 12.3. The molecule has 27 heavy (non-hydrogen) atoms. The van der Waals surface area contributed by atoms with Crippen LogP contribution in [0.15, 0.2) is 54.6 Å². The van der Waals surface area contributed by atoms with E-state index < -0.39 is 0 Å². The lowest BCUT2D eigenvalue weighted by Gasteiger charge is -2.07. The highest BCUT2D eigenvalue weighted by Crippen LogP contribution is 2.23. The molecule has 0 fully saturated rings. The zero-order chi connectivity index (χ0) is 19.4. The highest BCUT2D eigenvalue weighted by molar-refractivity contribution is 6.32. The summed E-state index contributed by atoms with van der Waals surface area (Å²) in [7, 11) is 0. The number of rotatable bonds is 5. The summed E-state index contributed by atoms with van der Waals surface area (Å²) >= 11 is 12.3. The SMILES string of the molecule is Cc1nn(Cc2ccccc2Cl)c(C)c1NC(=O)/C=C/c1ccccc1Cl. The lowest BCUT2D eigenvalue weighted by molar-refractivity contribution is -0.111. The number of hydrogen-bond acceptors (Lipinski definition) is 2. The third-order valence-corrected chi connectivity index (χ3v) is 4.94. The Labute approximate surface area is 168 Å². The van der Waals surface area contributed by atoms with E-state index in [2.05, 4.69) is 10.4 Å². The Hall–Kier alpha value is -2.56. The molecule has 0 unspecified atom stereocenters. The molecule has 0 spiro atoms. The molecule has 1 amide bonds. The van der Waals surface area contributed by atoms with Crippen LogP contribution in [0.4, 0.5) is 5.69 Å². The van der Waals surface area contributed by atoms with Crippen molar-refractivity contribution in [2.24, 2.45) is 0 Å². The zero-order valence-corrected chi connectivity index (χ0v) is 16.6. The Bertz CT molecular complexity index is 1010. The summed E-state index contributed by atoms with van der Waals surface area (Å²) in [5.74, 6) is -0.238. The third kappa shape index (κ3) is 4.59. The Morgan fingerprint density at radius 2 is 1.74 bits per heavy atom. The number of amides is 1. The first kappa shape index (κ1) is 19.2. The standard InChI is InChI=1S/C21H19Cl2N3O/c1-14-21(24-20(27)12-11-16-7-3-5-9-18(16)22)15(2)26(25-14)13-17-8-4-6-10-19(17)23/h3-12H,13H2,1-2H3,(H,24,27)/b12-11+. The van der Waals surface area contributed by atoms with E-state index in [-0.39, 0.29) is 5.91 Å². The predicted octanol–water partition coefficient (Wildman–Crippen LogP) is 5.51. The number of carbonyl (C=O) groups excluding carboxylic acids is 1. The average molecular weight is 400 g/mol. The van der Waals surface area contributed by atoms with Crippen LogP contribution < -0.4 is 5.32 Å². The second kappa shape index (κ2) is 8.42. The number of aromatic nitrogens is 2. The van der Waals surface area contributed by atoms with Gasteiger partial charge < -0.3 is 5.32 Å². The molecule has 0 bridgehead atoms. The van der Waals surface area contributed by atoms with E-state index in [1.807, 2.05) is 61.0 Å². The smallest absolute Gasteiger partial charge is 0.248 e. The van der Waals surface area contributed by atoms with Gasteiger partial charge in [-0.2, -0.15) is 5.10 Å². The maximum Gasteiger partial charge on any atom is 0.248 e. The fourth-order valence-corrected chi connectivity index (χ4v) is 3.15. The van der Waals surface area contributed by atoms with Crippen LogP contribution >= 0.6 is 23.2 Å². The summed E-state index contributed by atoms with van der Waals surface area (Å²) in [4.78, 5) is 12.3. The van der Waals surface area contributed by atoms with E-state index >= 15 is 0 Å². The minimum atomic E-state index is -0.238. The van der Waals surface area contributed by atoms with Gasteiger partial charge in [-0.15, -0.1) is 0 Å². The van der Waals surface area contributed by atoms with Gasteiger partial charge in [0.05, 0.1) is 23.6 Å². The Balaban J connectivity index is 1.76. The molecule has 1 heterocycles. The molecule has 0 aliphatic rings. The fourth-order valence-electron chi connectivity index (χ4n) is 2.76. The second-order valence-corrected chi connectivity index (χ2v) is 6.95. The van der Waals surface area contributed by atoms with E-state index in [4.69, 9.17) is 23.2 Å². The van der Waals surface area contributed by atoms with Gasteiger partial charge in [0.2, 0.25) is 5.91 Å². The van der Waals surface area contributed by atoms with Crippen molar-refractivity contribution in [3.63, 3.8) is 0 Å². The number of hydrogen-bond donors (Lipinski definition) is 1. The van der Waals surface area contributed by atoms with Crippen molar-refractivity contribution >= 4 is 40.9 Å². The van der Waals surface area contributed by atoms with Gasteiger partial charge in [-0.1, -0.05) is 59.6 Å². The number of benzene rings is 2. The van der Waals surface area contributed by atoms with Crippen molar-refractivity contribution in [3.8, 4) is 0 Å². The number of nitrogens with zero attached hydrogens (tertiary/aromatic N) is 2. The molecule has 0 saturated heterocycles. The van der Waals surface area contributed by atoms with Crippen LogP contribution in [0.1, 0.15) is 22.5 Å². The molecule has 4 nitrogen and oxygen atoms in total. The van der Waals surface area contributed by atoms with Gasteiger partial charge in [-0.3, -0.25) is 9.48 Å². The lowest BCUT2D eigenvalue weighted by atomic mass is 10.2. The van der Waals surface area contributed by atoms with Crippen LogP contribution in [0.5, 0.6) is 0 Å². The third-order valence-electron chi connectivity index (χ3n) is 4.23. The Kier molecular flexibility index (Phi) is 5.99.